The molecule has 2 aromatic heterocycles. The van der Waals surface area contributed by atoms with Gasteiger partial charge in [0.05, 0.1) is 30.1 Å². The Morgan fingerprint density at radius 1 is 1.30 bits per heavy atom. The molecule has 1 N–H and O–H groups in total. The van der Waals surface area contributed by atoms with Crippen LogP contribution >= 0.6 is 0 Å². The van der Waals surface area contributed by atoms with Crippen molar-refractivity contribution in [2.45, 2.75) is 45.6 Å². The van der Waals surface area contributed by atoms with Gasteiger partial charge in [-0.1, -0.05) is 24.2 Å². The second-order valence-corrected chi connectivity index (χ2v) is 7.97. The molecule has 0 radical (unpaired) electrons. The fourth-order valence-electron chi connectivity index (χ4n) is 4.01. The number of para-hydroxylation sites is 2. The predicted molar refractivity (Wildman–Crippen MR) is 121 cm³/mol. The van der Waals surface area contributed by atoms with Gasteiger partial charge in [0.25, 0.3) is 11.8 Å². The number of methoxy groups -OCH3 is 1. The molecule has 9 nitrogen and oxygen atoms in total. The molecule has 3 heterocycles. The second-order valence-electron chi connectivity index (χ2n) is 7.97. The molecule has 2 amide bonds. The van der Waals surface area contributed by atoms with Gasteiger partial charge < -0.3 is 19.5 Å². The van der Waals surface area contributed by atoms with Crippen LogP contribution in [0.15, 0.2) is 41.1 Å². The number of carbonyl (C=O) groups excluding carboxylic acids is 2. The minimum atomic E-state index is -0.325. The lowest BCUT2D eigenvalue weighted by atomic mass is 10.1. The van der Waals surface area contributed by atoms with Crippen molar-refractivity contribution in [3.63, 3.8) is 0 Å². The Morgan fingerprint density at radius 2 is 2.12 bits per heavy atom. The van der Waals surface area contributed by atoms with Crippen LogP contribution in [0.25, 0.3) is 0 Å². The van der Waals surface area contributed by atoms with Crippen molar-refractivity contribution in [1.29, 1.82) is 0 Å². The topological polar surface area (TPSA) is 110 Å². The van der Waals surface area contributed by atoms with Crippen LogP contribution in [0, 0.1) is 6.92 Å². The molecule has 0 bridgehead atoms. The van der Waals surface area contributed by atoms with E-state index in [0.717, 1.165) is 25.7 Å². The summed E-state index contributed by atoms with van der Waals surface area (Å²) in [7, 11) is 1.55. The number of hydrogen-bond donors (Lipinski definition) is 1. The predicted octanol–water partition coefficient (Wildman–Crippen LogP) is 3.96. The molecule has 1 atom stereocenters. The third-order valence-electron chi connectivity index (χ3n) is 5.68. The third kappa shape index (κ3) is 4.72. The van der Waals surface area contributed by atoms with Gasteiger partial charge >= 0.3 is 0 Å². The number of aromatic nitrogens is 3. The van der Waals surface area contributed by atoms with Gasteiger partial charge in [-0.25, -0.2) is 9.97 Å². The molecule has 4 rings (SSSR count). The van der Waals surface area contributed by atoms with E-state index in [1.165, 1.54) is 6.20 Å². The van der Waals surface area contributed by atoms with Gasteiger partial charge in [0, 0.05) is 25.2 Å². The molecule has 1 aromatic carbocycles. The molecule has 0 saturated carbocycles. The van der Waals surface area contributed by atoms with E-state index < -0.39 is 0 Å². The molecular weight excluding hydrogens is 422 g/mol. The van der Waals surface area contributed by atoms with Crippen LogP contribution in [0.5, 0.6) is 5.75 Å². The number of amides is 2. The van der Waals surface area contributed by atoms with Crippen LogP contribution in [0.4, 0.5) is 5.69 Å². The molecule has 1 unspecified atom stereocenters. The minimum absolute atomic E-state index is 0.192. The van der Waals surface area contributed by atoms with Crippen molar-refractivity contribution in [2.24, 2.45) is 0 Å². The molecule has 33 heavy (non-hydrogen) atoms. The summed E-state index contributed by atoms with van der Waals surface area (Å²) in [5.74, 6) is 1.27. The Morgan fingerprint density at radius 3 is 2.88 bits per heavy atom. The van der Waals surface area contributed by atoms with E-state index in [2.05, 4.69) is 20.4 Å². The summed E-state index contributed by atoms with van der Waals surface area (Å²) in [6.45, 7) is 4.40. The highest BCUT2D eigenvalue weighted by molar-refractivity contribution is 6.05. The van der Waals surface area contributed by atoms with Gasteiger partial charge in [-0.15, -0.1) is 0 Å². The molecule has 9 heteroatoms. The normalized spacial score (nSPS) is 15.5. The zero-order chi connectivity index (χ0) is 23.4. The molecule has 172 valence electrons. The van der Waals surface area contributed by atoms with Crippen LogP contribution in [-0.2, 0) is 6.42 Å². The van der Waals surface area contributed by atoms with Gasteiger partial charge in [0.1, 0.15) is 11.5 Å². The van der Waals surface area contributed by atoms with Gasteiger partial charge in [0.2, 0.25) is 0 Å². The third-order valence-corrected chi connectivity index (χ3v) is 5.68. The molecule has 1 fully saturated rings. The van der Waals surface area contributed by atoms with Gasteiger partial charge in [-0.2, -0.15) is 0 Å². The van der Waals surface area contributed by atoms with Crippen molar-refractivity contribution in [1.82, 2.24) is 20.0 Å². The monoisotopic (exact) mass is 449 g/mol. The zero-order valence-corrected chi connectivity index (χ0v) is 19.0. The summed E-state index contributed by atoms with van der Waals surface area (Å²) in [5, 5.41) is 6.79. The smallest absolute Gasteiger partial charge is 0.276 e. The quantitative estimate of drug-likeness (QED) is 0.581. The lowest BCUT2D eigenvalue weighted by Crippen LogP contribution is -2.32. The highest BCUT2D eigenvalue weighted by Gasteiger charge is 2.34. The highest BCUT2D eigenvalue weighted by Crippen LogP contribution is 2.32. The number of hydrogen-bond acceptors (Lipinski definition) is 7. The van der Waals surface area contributed by atoms with Gasteiger partial charge in [0.15, 0.2) is 11.5 Å². The number of likely N-dealkylation sites (tertiary alicyclic amines) is 1. The lowest BCUT2D eigenvalue weighted by molar-refractivity contribution is 0.0718. The maximum atomic E-state index is 13.0. The Kier molecular flexibility index (Phi) is 6.67. The van der Waals surface area contributed by atoms with E-state index in [-0.39, 0.29) is 17.9 Å². The summed E-state index contributed by atoms with van der Waals surface area (Å²) in [6.07, 6.45) is 4.76. The fraction of sp³-hybridized carbons (Fsp3) is 0.375. The largest absolute Gasteiger partial charge is 0.495 e. The van der Waals surface area contributed by atoms with E-state index in [0.29, 0.717) is 46.5 Å². The fourth-order valence-corrected chi connectivity index (χ4v) is 4.01. The molecular formula is C24H27N5O4. The summed E-state index contributed by atoms with van der Waals surface area (Å²) < 4.78 is 10.6. The van der Waals surface area contributed by atoms with Gasteiger partial charge in [-0.05, 0) is 38.3 Å². The van der Waals surface area contributed by atoms with E-state index in [9.17, 15) is 9.59 Å². The molecule has 1 saturated heterocycles. The molecule has 1 aliphatic heterocycles. The standard InChI is InChI=1S/C24H27N5O4/c1-4-8-16-13-19(28-33-16)24(31)29-12-7-10-20(29)22-25-14-17(15(2)26-22)23(30)27-18-9-5-6-11-21(18)32-3/h5-6,9,11,13-14,20H,4,7-8,10,12H2,1-3H3,(H,27,30). The van der Waals surface area contributed by atoms with Crippen LogP contribution in [-0.4, -0.2) is 45.5 Å². The Labute approximate surface area is 192 Å². The number of nitrogens with one attached hydrogen (secondary N) is 1. The second kappa shape index (κ2) is 9.81. The zero-order valence-electron chi connectivity index (χ0n) is 19.0. The molecule has 0 aliphatic carbocycles. The summed E-state index contributed by atoms with van der Waals surface area (Å²) in [4.78, 5) is 36.6. The van der Waals surface area contributed by atoms with Crippen molar-refractivity contribution < 1.29 is 18.8 Å². The Bertz CT molecular complexity index is 1160. The first kappa shape index (κ1) is 22.4. The average molecular weight is 450 g/mol. The summed E-state index contributed by atoms with van der Waals surface area (Å²) in [5.41, 5.74) is 1.77. The van der Waals surface area contributed by atoms with Crippen LogP contribution in [0.2, 0.25) is 0 Å². The van der Waals surface area contributed by atoms with E-state index >= 15 is 0 Å². The van der Waals surface area contributed by atoms with Crippen molar-refractivity contribution in [3.05, 3.63) is 65.1 Å². The average Bonchev–Trinajstić information content (AvgIpc) is 3.49. The summed E-state index contributed by atoms with van der Waals surface area (Å²) >= 11 is 0. The van der Waals surface area contributed by atoms with E-state index in [1.54, 1.807) is 37.1 Å². The number of benzene rings is 1. The number of rotatable bonds is 7. The highest BCUT2D eigenvalue weighted by atomic mass is 16.5. The van der Waals surface area contributed by atoms with Crippen LogP contribution in [0.1, 0.15) is 70.4 Å². The summed E-state index contributed by atoms with van der Waals surface area (Å²) in [6, 6.07) is 8.62. The number of nitrogens with zero attached hydrogens (tertiary/aromatic N) is 4. The molecule has 3 aromatic rings. The minimum Gasteiger partial charge on any atom is -0.495 e. The van der Waals surface area contributed by atoms with E-state index in [1.807, 2.05) is 19.1 Å². The Hall–Kier alpha value is -3.75. The van der Waals surface area contributed by atoms with E-state index in [4.69, 9.17) is 9.26 Å². The van der Waals surface area contributed by atoms with Crippen LogP contribution in [0.3, 0.4) is 0 Å². The molecule has 0 spiro atoms. The van der Waals surface area contributed by atoms with Crippen molar-refractivity contribution in [3.8, 4) is 5.75 Å². The Balaban J connectivity index is 1.51. The lowest BCUT2D eigenvalue weighted by Gasteiger charge is -2.23. The first-order chi connectivity index (χ1) is 16.0. The van der Waals surface area contributed by atoms with Gasteiger partial charge in [-0.3, -0.25) is 9.59 Å². The number of anilines is 1. The number of aryl methyl sites for hydroxylation is 2. The molecule has 1 aliphatic rings. The SMILES string of the molecule is CCCc1cc(C(=O)N2CCCC2c2ncc(C(=O)Nc3ccccc3OC)c(C)n2)no1. The van der Waals surface area contributed by atoms with Crippen LogP contribution < -0.4 is 10.1 Å². The maximum absolute atomic E-state index is 13.0. The first-order valence-electron chi connectivity index (χ1n) is 11.1. The maximum Gasteiger partial charge on any atom is 0.276 e. The number of ether oxygens (including phenoxy) is 1. The van der Waals surface area contributed by atoms with Crippen molar-refractivity contribution >= 4 is 17.5 Å². The number of carbonyl (C=O) groups is 2. The first-order valence-corrected chi connectivity index (χ1v) is 11.1. The van der Waals surface area contributed by atoms with Crippen molar-refractivity contribution in [2.75, 3.05) is 19.0 Å².